The van der Waals surface area contributed by atoms with Gasteiger partial charge in [0.25, 0.3) is 5.91 Å². The number of rotatable bonds is 6. The van der Waals surface area contributed by atoms with E-state index >= 15 is 0 Å². The number of nitrogens with one attached hydrogen (secondary N) is 1. The van der Waals surface area contributed by atoms with Gasteiger partial charge in [-0.1, -0.05) is 20.8 Å². The molecule has 1 saturated carbocycles. The highest BCUT2D eigenvalue weighted by molar-refractivity contribution is 5.94. The van der Waals surface area contributed by atoms with Crippen LogP contribution in [0.3, 0.4) is 0 Å². The Balaban J connectivity index is 1.74. The van der Waals surface area contributed by atoms with Gasteiger partial charge >= 0.3 is 0 Å². The summed E-state index contributed by atoms with van der Waals surface area (Å²) in [7, 11) is 1.63. The topological polar surface area (TPSA) is 67.8 Å². The summed E-state index contributed by atoms with van der Waals surface area (Å²) in [6.07, 6.45) is 4.73. The molecule has 0 aromatic heterocycles. The van der Waals surface area contributed by atoms with E-state index in [1.165, 1.54) is 12.8 Å². The first-order valence-electron chi connectivity index (χ1n) is 10.2. The summed E-state index contributed by atoms with van der Waals surface area (Å²) in [6, 6.07) is 10.7. The SMILES string of the molecule is COc1ccc(CNC(=O)c2ccc(O)c(C(C)(C)C)c2)c(OC2CCCC2)c1. The van der Waals surface area contributed by atoms with E-state index in [9.17, 15) is 9.90 Å². The largest absolute Gasteiger partial charge is 0.508 e. The first-order chi connectivity index (χ1) is 13.8. The number of benzene rings is 2. The second kappa shape index (κ2) is 8.76. The minimum atomic E-state index is -0.251. The van der Waals surface area contributed by atoms with Crippen LogP contribution in [-0.4, -0.2) is 24.2 Å². The fraction of sp³-hybridized carbons (Fsp3) is 0.458. The van der Waals surface area contributed by atoms with Crippen molar-refractivity contribution in [2.75, 3.05) is 7.11 Å². The molecule has 2 aromatic carbocycles. The Kier molecular flexibility index (Phi) is 6.36. The zero-order chi connectivity index (χ0) is 21.0. The number of hydrogen-bond acceptors (Lipinski definition) is 4. The third-order valence-electron chi connectivity index (χ3n) is 5.38. The van der Waals surface area contributed by atoms with Crippen molar-refractivity contribution >= 4 is 5.91 Å². The molecule has 2 aromatic rings. The van der Waals surface area contributed by atoms with Crippen LogP contribution in [-0.2, 0) is 12.0 Å². The molecule has 1 aliphatic rings. The number of hydrogen-bond donors (Lipinski definition) is 2. The summed E-state index contributed by atoms with van der Waals surface area (Å²) in [5.41, 5.74) is 1.94. The maximum absolute atomic E-state index is 12.7. The Morgan fingerprint density at radius 1 is 1.14 bits per heavy atom. The third kappa shape index (κ3) is 5.22. The van der Waals surface area contributed by atoms with Gasteiger partial charge in [0.15, 0.2) is 0 Å². The van der Waals surface area contributed by atoms with Gasteiger partial charge in [-0.25, -0.2) is 0 Å². The molecule has 0 bridgehead atoms. The smallest absolute Gasteiger partial charge is 0.251 e. The minimum Gasteiger partial charge on any atom is -0.508 e. The Morgan fingerprint density at radius 3 is 2.52 bits per heavy atom. The van der Waals surface area contributed by atoms with Crippen molar-refractivity contribution in [1.29, 1.82) is 0 Å². The van der Waals surface area contributed by atoms with Crippen LogP contribution in [0.1, 0.15) is 67.9 Å². The van der Waals surface area contributed by atoms with E-state index in [-0.39, 0.29) is 23.2 Å². The average molecular weight is 398 g/mol. The summed E-state index contributed by atoms with van der Waals surface area (Å²) in [4.78, 5) is 12.7. The van der Waals surface area contributed by atoms with Crippen molar-refractivity contribution < 1.29 is 19.4 Å². The highest BCUT2D eigenvalue weighted by atomic mass is 16.5. The molecule has 156 valence electrons. The summed E-state index contributed by atoms with van der Waals surface area (Å²) in [6.45, 7) is 6.38. The lowest BCUT2D eigenvalue weighted by Crippen LogP contribution is -2.24. The van der Waals surface area contributed by atoms with E-state index < -0.39 is 0 Å². The van der Waals surface area contributed by atoms with Gasteiger partial charge in [-0.2, -0.15) is 0 Å². The first kappa shape index (κ1) is 21.0. The Morgan fingerprint density at radius 2 is 1.86 bits per heavy atom. The second-order valence-corrected chi connectivity index (χ2v) is 8.66. The van der Waals surface area contributed by atoms with Crippen molar-refractivity contribution in [1.82, 2.24) is 5.32 Å². The average Bonchev–Trinajstić information content (AvgIpc) is 3.19. The van der Waals surface area contributed by atoms with Crippen LogP contribution in [0.15, 0.2) is 36.4 Å². The van der Waals surface area contributed by atoms with Crippen molar-refractivity contribution in [3.8, 4) is 17.2 Å². The van der Waals surface area contributed by atoms with E-state index in [1.807, 2.05) is 39.0 Å². The summed E-state index contributed by atoms with van der Waals surface area (Å²) in [5.74, 6) is 1.52. The summed E-state index contributed by atoms with van der Waals surface area (Å²) in [5, 5.41) is 13.1. The molecule has 1 fully saturated rings. The predicted octanol–water partition coefficient (Wildman–Crippen LogP) is 4.95. The van der Waals surface area contributed by atoms with Crippen LogP contribution in [0.5, 0.6) is 17.2 Å². The molecule has 1 aliphatic carbocycles. The fourth-order valence-electron chi connectivity index (χ4n) is 3.66. The zero-order valence-corrected chi connectivity index (χ0v) is 17.7. The van der Waals surface area contributed by atoms with E-state index in [0.717, 1.165) is 35.5 Å². The van der Waals surface area contributed by atoms with Gasteiger partial charge in [0.05, 0.1) is 13.2 Å². The normalized spacial score (nSPS) is 14.6. The number of methoxy groups -OCH3 is 1. The minimum absolute atomic E-state index is 0.182. The summed E-state index contributed by atoms with van der Waals surface area (Å²) >= 11 is 0. The molecule has 3 rings (SSSR count). The molecule has 0 saturated heterocycles. The third-order valence-corrected chi connectivity index (χ3v) is 5.38. The monoisotopic (exact) mass is 397 g/mol. The highest BCUT2D eigenvalue weighted by Crippen LogP contribution is 2.32. The fourth-order valence-corrected chi connectivity index (χ4v) is 3.66. The van der Waals surface area contributed by atoms with Gasteiger partial charge in [-0.05, 0) is 61.4 Å². The lowest BCUT2D eigenvalue weighted by Gasteiger charge is -2.21. The molecular formula is C24H31NO4. The molecule has 0 heterocycles. The molecule has 1 amide bonds. The summed E-state index contributed by atoms with van der Waals surface area (Å²) < 4.78 is 11.5. The zero-order valence-electron chi connectivity index (χ0n) is 17.7. The lowest BCUT2D eigenvalue weighted by atomic mass is 9.85. The van der Waals surface area contributed by atoms with Gasteiger partial charge in [-0.3, -0.25) is 4.79 Å². The van der Waals surface area contributed by atoms with E-state index in [1.54, 1.807) is 25.3 Å². The lowest BCUT2D eigenvalue weighted by molar-refractivity contribution is 0.0950. The molecule has 0 radical (unpaired) electrons. The van der Waals surface area contributed by atoms with Crippen molar-refractivity contribution in [3.63, 3.8) is 0 Å². The molecule has 0 atom stereocenters. The Hall–Kier alpha value is -2.69. The van der Waals surface area contributed by atoms with Crippen LogP contribution >= 0.6 is 0 Å². The number of ether oxygens (including phenoxy) is 2. The maximum atomic E-state index is 12.7. The van der Waals surface area contributed by atoms with Gasteiger partial charge in [0, 0.05) is 29.3 Å². The number of aromatic hydroxyl groups is 1. The molecule has 5 heteroatoms. The van der Waals surface area contributed by atoms with Crippen molar-refractivity contribution in [3.05, 3.63) is 53.1 Å². The maximum Gasteiger partial charge on any atom is 0.251 e. The number of carbonyl (C=O) groups is 1. The van der Waals surface area contributed by atoms with Gasteiger partial charge in [-0.15, -0.1) is 0 Å². The Bertz CT molecular complexity index is 864. The molecule has 29 heavy (non-hydrogen) atoms. The molecule has 0 aliphatic heterocycles. The Labute approximate surface area is 173 Å². The van der Waals surface area contributed by atoms with Gasteiger partial charge in [0.1, 0.15) is 17.2 Å². The van der Waals surface area contributed by atoms with Gasteiger partial charge in [0.2, 0.25) is 0 Å². The van der Waals surface area contributed by atoms with E-state index in [2.05, 4.69) is 5.32 Å². The van der Waals surface area contributed by atoms with E-state index in [0.29, 0.717) is 12.1 Å². The predicted molar refractivity (Wildman–Crippen MR) is 114 cm³/mol. The molecule has 0 spiro atoms. The number of carbonyl (C=O) groups excluding carboxylic acids is 1. The van der Waals surface area contributed by atoms with Crippen molar-refractivity contribution in [2.45, 2.75) is 64.5 Å². The molecule has 5 nitrogen and oxygen atoms in total. The highest BCUT2D eigenvalue weighted by Gasteiger charge is 2.21. The molecular weight excluding hydrogens is 366 g/mol. The quantitative estimate of drug-likeness (QED) is 0.724. The van der Waals surface area contributed by atoms with Crippen LogP contribution in [0, 0.1) is 0 Å². The number of amides is 1. The van der Waals surface area contributed by atoms with Gasteiger partial charge < -0.3 is 19.9 Å². The standard InChI is InChI=1S/C24H31NO4/c1-24(2,3)20-13-16(10-12-21(20)26)23(27)25-15-17-9-11-19(28-4)14-22(17)29-18-7-5-6-8-18/h9-14,18,26H,5-8,15H2,1-4H3,(H,25,27). The van der Waals surface area contributed by atoms with Crippen LogP contribution in [0.25, 0.3) is 0 Å². The first-order valence-corrected chi connectivity index (χ1v) is 10.2. The van der Waals surface area contributed by atoms with Crippen LogP contribution < -0.4 is 14.8 Å². The molecule has 0 unspecified atom stereocenters. The van der Waals surface area contributed by atoms with E-state index in [4.69, 9.17) is 9.47 Å². The second-order valence-electron chi connectivity index (χ2n) is 8.66. The van der Waals surface area contributed by atoms with Crippen LogP contribution in [0.4, 0.5) is 0 Å². The van der Waals surface area contributed by atoms with Crippen LogP contribution in [0.2, 0.25) is 0 Å². The molecule has 2 N–H and O–H groups in total. The number of phenols is 1. The van der Waals surface area contributed by atoms with Crippen molar-refractivity contribution in [2.24, 2.45) is 0 Å². The number of phenolic OH excluding ortho intramolecular Hbond substituents is 1.